The molecular weight excluding hydrogens is 201 g/mol. The van der Waals surface area contributed by atoms with Gasteiger partial charge in [-0.3, -0.25) is 9.05 Å². The van der Waals surface area contributed by atoms with Gasteiger partial charge >= 0.3 is 7.75 Å². The molecule has 0 heterocycles. The predicted molar refractivity (Wildman–Crippen MR) is 58.4 cm³/mol. The molecule has 0 aliphatic heterocycles. The van der Waals surface area contributed by atoms with E-state index in [2.05, 4.69) is 12.0 Å². The second-order valence-corrected chi connectivity index (χ2v) is 4.78. The molecule has 0 aliphatic carbocycles. The lowest BCUT2D eigenvalue weighted by Gasteiger charge is -2.17. The van der Waals surface area contributed by atoms with Gasteiger partial charge in [-0.2, -0.15) is 0 Å². The fourth-order valence-corrected chi connectivity index (χ4v) is 2.43. The van der Waals surface area contributed by atoms with Gasteiger partial charge in [0.2, 0.25) is 0 Å². The van der Waals surface area contributed by atoms with Crippen LogP contribution in [0.3, 0.4) is 0 Å². The second kappa shape index (κ2) is 8.42. The quantitative estimate of drug-likeness (QED) is 0.482. The van der Waals surface area contributed by atoms with Crippen LogP contribution in [0.4, 0.5) is 0 Å². The van der Waals surface area contributed by atoms with E-state index in [0.29, 0.717) is 19.8 Å². The number of rotatable bonds is 9. The maximum absolute atomic E-state index is 11.8. The Morgan fingerprint density at radius 3 is 2.07 bits per heavy atom. The van der Waals surface area contributed by atoms with E-state index in [1.54, 1.807) is 13.8 Å². The van der Waals surface area contributed by atoms with Gasteiger partial charge in [-0.1, -0.05) is 19.8 Å². The zero-order valence-corrected chi connectivity index (χ0v) is 10.3. The third-order valence-corrected chi connectivity index (χ3v) is 3.49. The highest BCUT2D eigenvalue weighted by atomic mass is 31.2. The van der Waals surface area contributed by atoms with E-state index in [1.807, 2.05) is 0 Å². The van der Waals surface area contributed by atoms with Gasteiger partial charge in [-0.25, -0.2) is 9.65 Å². The molecule has 5 heteroatoms. The molecule has 0 spiro atoms. The summed E-state index contributed by atoms with van der Waals surface area (Å²) in [5, 5.41) is 2.84. The molecular formula is C9H22NO3P. The molecule has 0 aromatic carbocycles. The molecule has 0 radical (unpaired) electrons. The zero-order valence-electron chi connectivity index (χ0n) is 9.41. The molecule has 0 aromatic heterocycles. The molecule has 86 valence electrons. The standard InChI is InChI=1S/C9H22NO3P/c1-4-7-8-9-10-14(11,12-5-2)13-6-3/h4-9H2,1-3H3,(H,10,11). The van der Waals surface area contributed by atoms with Crippen LogP contribution in [0, 0.1) is 0 Å². The molecule has 14 heavy (non-hydrogen) atoms. The van der Waals surface area contributed by atoms with E-state index in [0.717, 1.165) is 19.3 Å². The van der Waals surface area contributed by atoms with Crippen LogP contribution in [0.1, 0.15) is 40.0 Å². The van der Waals surface area contributed by atoms with Gasteiger partial charge in [0, 0.05) is 6.54 Å². The maximum atomic E-state index is 11.8. The summed E-state index contributed by atoms with van der Waals surface area (Å²) in [7, 11) is -3.01. The van der Waals surface area contributed by atoms with Crippen LogP contribution in [0.15, 0.2) is 0 Å². The van der Waals surface area contributed by atoms with Crippen LogP contribution in [0.25, 0.3) is 0 Å². The van der Waals surface area contributed by atoms with Gasteiger partial charge in [0.25, 0.3) is 0 Å². The Morgan fingerprint density at radius 1 is 1.07 bits per heavy atom. The summed E-state index contributed by atoms with van der Waals surface area (Å²) < 4.78 is 22.0. The van der Waals surface area contributed by atoms with E-state index in [4.69, 9.17) is 9.05 Å². The summed E-state index contributed by atoms with van der Waals surface area (Å²) in [5.74, 6) is 0. The fraction of sp³-hybridized carbons (Fsp3) is 1.00. The van der Waals surface area contributed by atoms with Crippen molar-refractivity contribution in [3.8, 4) is 0 Å². The third kappa shape index (κ3) is 6.55. The Hall–Kier alpha value is 0.110. The Balaban J connectivity index is 3.78. The van der Waals surface area contributed by atoms with Gasteiger partial charge < -0.3 is 0 Å². The number of nitrogens with one attached hydrogen (secondary N) is 1. The molecule has 0 atom stereocenters. The molecule has 0 fully saturated rings. The van der Waals surface area contributed by atoms with Crippen molar-refractivity contribution in [2.75, 3.05) is 19.8 Å². The minimum atomic E-state index is -3.01. The zero-order chi connectivity index (χ0) is 10.9. The molecule has 0 aromatic rings. The first-order chi connectivity index (χ1) is 6.68. The summed E-state index contributed by atoms with van der Waals surface area (Å²) in [6.07, 6.45) is 3.28. The largest absolute Gasteiger partial charge is 0.405 e. The molecule has 0 aliphatic rings. The lowest BCUT2D eigenvalue weighted by atomic mass is 10.3. The summed E-state index contributed by atoms with van der Waals surface area (Å²) in [4.78, 5) is 0. The first-order valence-electron chi connectivity index (χ1n) is 5.32. The average Bonchev–Trinajstić information content (AvgIpc) is 2.13. The number of unbranched alkanes of at least 4 members (excludes halogenated alkanes) is 2. The van der Waals surface area contributed by atoms with Crippen LogP contribution < -0.4 is 5.09 Å². The Bertz CT molecular complexity index is 165. The first kappa shape index (κ1) is 14.1. The van der Waals surface area contributed by atoms with Crippen LogP contribution in [0.5, 0.6) is 0 Å². The van der Waals surface area contributed by atoms with Crippen LogP contribution in [-0.2, 0) is 13.6 Å². The summed E-state index contributed by atoms with van der Waals surface area (Å²) in [6, 6.07) is 0. The number of hydrogen-bond acceptors (Lipinski definition) is 3. The van der Waals surface area contributed by atoms with Crippen molar-refractivity contribution >= 4 is 7.75 Å². The molecule has 0 saturated carbocycles. The maximum Gasteiger partial charge on any atom is 0.405 e. The van der Waals surface area contributed by atoms with Gasteiger partial charge in [-0.15, -0.1) is 0 Å². The van der Waals surface area contributed by atoms with Crippen molar-refractivity contribution in [3.05, 3.63) is 0 Å². The predicted octanol–water partition coefficient (Wildman–Crippen LogP) is 2.95. The van der Waals surface area contributed by atoms with E-state index in [9.17, 15) is 4.57 Å². The molecule has 0 unspecified atom stereocenters. The smallest absolute Gasteiger partial charge is 0.297 e. The number of hydrogen-bond donors (Lipinski definition) is 1. The van der Waals surface area contributed by atoms with Crippen molar-refractivity contribution in [1.29, 1.82) is 0 Å². The SMILES string of the molecule is CCCCCNP(=O)(OCC)OCC. The topological polar surface area (TPSA) is 47.6 Å². The van der Waals surface area contributed by atoms with Gasteiger partial charge in [0.05, 0.1) is 13.2 Å². The molecule has 0 bridgehead atoms. The van der Waals surface area contributed by atoms with Crippen molar-refractivity contribution in [3.63, 3.8) is 0 Å². The average molecular weight is 223 g/mol. The highest BCUT2D eigenvalue weighted by molar-refractivity contribution is 7.51. The minimum absolute atomic E-state index is 0.401. The highest BCUT2D eigenvalue weighted by Gasteiger charge is 2.21. The molecule has 0 saturated heterocycles. The summed E-state index contributed by atoms with van der Waals surface area (Å²) in [5.41, 5.74) is 0. The fourth-order valence-electron chi connectivity index (χ4n) is 1.06. The normalized spacial score (nSPS) is 11.9. The summed E-state index contributed by atoms with van der Waals surface area (Å²) >= 11 is 0. The Kier molecular flexibility index (Phi) is 8.49. The monoisotopic (exact) mass is 223 g/mol. The van der Waals surface area contributed by atoms with Crippen molar-refractivity contribution < 1.29 is 13.6 Å². The summed E-state index contributed by atoms with van der Waals surface area (Å²) in [6.45, 7) is 7.23. The third-order valence-electron chi connectivity index (χ3n) is 1.68. The molecule has 1 N–H and O–H groups in total. The van der Waals surface area contributed by atoms with Gasteiger partial charge in [0.1, 0.15) is 0 Å². The second-order valence-electron chi connectivity index (χ2n) is 2.95. The van der Waals surface area contributed by atoms with E-state index >= 15 is 0 Å². The first-order valence-corrected chi connectivity index (χ1v) is 6.87. The van der Waals surface area contributed by atoms with Gasteiger partial charge in [0.15, 0.2) is 0 Å². The van der Waals surface area contributed by atoms with E-state index < -0.39 is 7.75 Å². The Morgan fingerprint density at radius 2 is 1.64 bits per heavy atom. The Labute approximate surface area is 87.0 Å². The molecule has 4 nitrogen and oxygen atoms in total. The van der Waals surface area contributed by atoms with E-state index in [-0.39, 0.29) is 0 Å². The van der Waals surface area contributed by atoms with Gasteiger partial charge in [-0.05, 0) is 20.3 Å². The van der Waals surface area contributed by atoms with Crippen LogP contribution >= 0.6 is 7.75 Å². The van der Waals surface area contributed by atoms with Crippen LogP contribution in [-0.4, -0.2) is 19.8 Å². The van der Waals surface area contributed by atoms with Crippen LogP contribution in [0.2, 0.25) is 0 Å². The highest BCUT2D eigenvalue weighted by Crippen LogP contribution is 2.43. The van der Waals surface area contributed by atoms with E-state index in [1.165, 1.54) is 0 Å². The lowest BCUT2D eigenvalue weighted by Crippen LogP contribution is -2.16. The lowest BCUT2D eigenvalue weighted by molar-refractivity contribution is 0.210. The minimum Gasteiger partial charge on any atom is -0.297 e. The van der Waals surface area contributed by atoms with Crippen molar-refractivity contribution in [2.45, 2.75) is 40.0 Å². The molecule has 0 amide bonds. The van der Waals surface area contributed by atoms with Crippen molar-refractivity contribution in [1.82, 2.24) is 5.09 Å². The van der Waals surface area contributed by atoms with Crippen molar-refractivity contribution in [2.24, 2.45) is 0 Å². The molecule has 0 rings (SSSR count).